The van der Waals surface area contributed by atoms with Gasteiger partial charge in [-0.25, -0.2) is 9.78 Å². The van der Waals surface area contributed by atoms with Crippen LogP contribution in [0, 0.1) is 0 Å². The molecule has 134 valence electrons. The zero-order valence-corrected chi connectivity index (χ0v) is 16.4. The fourth-order valence-electron chi connectivity index (χ4n) is 2.66. The molecule has 0 aliphatic heterocycles. The number of hydrogen-bond donors (Lipinski definition) is 1. The first-order valence-electron chi connectivity index (χ1n) is 7.91. The third kappa shape index (κ3) is 3.43. The zero-order chi connectivity index (χ0) is 19.0. The highest BCUT2D eigenvalue weighted by Crippen LogP contribution is 2.28. The van der Waals surface area contributed by atoms with Crippen LogP contribution < -0.4 is 0 Å². The molecule has 0 atom stereocenters. The highest BCUT2D eigenvalue weighted by atomic mass is 79.9. The van der Waals surface area contributed by atoms with Gasteiger partial charge in [-0.2, -0.15) is 0 Å². The van der Waals surface area contributed by atoms with Gasteiger partial charge >= 0.3 is 5.97 Å². The van der Waals surface area contributed by atoms with Gasteiger partial charge in [-0.3, -0.25) is 9.97 Å². The molecule has 0 radical (unpaired) electrons. The fourth-order valence-corrected chi connectivity index (χ4v) is 3.29. The van der Waals surface area contributed by atoms with E-state index in [4.69, 9.17) is 11.6 Å². The fraction of sp³-hybridized carbons (Fsp3) is 0.0526. The summed E-state index contributed by atoms with van der Waals surface area (Å²) < 4.78 is 5.65. The molecular formula is C19H12BrClN4O2. The number of H-pyrrole nitrogens is 1. The van der Waals surface area contributed by atoms with Gasteiger partial charge < -0.3 is 9.72 Å². The van der Waals surface area contributed by atoms with Crippen LogP contribution in [0.25, 0.3) is 33.8 Å². The van der Waals surface area contributed by atoms with E-state index in [1.807, 2.05) is 30.3 Å². The first-order valence-corrected chi connectivity index (χ1v) is 9.08. The molecule has 3 aromatic heterocycles. The number of ether oxygens (including phenoxy) is 1. The van der Waals surface area contributed by atoms with Crippen molar-refractivity contribution in [2.75, 3.05) is 7.11 Å². The average molecular weight is 444 g/mol. The molecule has 0 saturated heterocycles. The quantitative estimate of drug-likeness (QED) is 0.456. The Hall–Kier alpha value is -2.77. The highest BCUT2D eigenvalue weighted by Gasteiger charge is 2.13. The van der Waals surface area contributed by atoms with E-state index in [1.165, 1.54) is 19.4 Å². The molecule has 6 nitrogen and oxygen atoms in total. The van der Waals surface area contributed by atoms with Crippen LogP contribution >= 0.6 is 27.5 Å². The van der Waals surface area contributed by atoms with Crippen molar-refractivity contribution >= 4 is 44.5 Å². The van der Waals surface area contributed by atoms with Crippen LogP contribution in [-0.4, -0.2) is 33.0 Å². The summed E-state index contributed by atoms with van der Waals surface area (Å²) >= 11 is 9.72. The van der Waals surface area contributed by atoms with Crippen molar-refractivity contribution in [2.24, 2.45) is 0 Å². The molecule has 0 spiro atoms. The SMILES string of the molecule is COC(=O)c1cnc(-c2ccc(-c3nc4ccc(Br)cc4[nH]3)nc2)c(Cl)c1. The summed E-state index contributed by atoms with van der Waals surface area (Å²) in [4.78, 5) is 28.1. The Morgan fingerprint density at radius 3 is 2.70 bits per heavy atom. The number of nitrogens with zero attached hydrogens (tertiary/aromatic N) is 3. The second-order valence-electron chi connectivity index (χ2n) is 5.72. The van der Waals surface area contributed by atoms with Crippen LogP contribution in [0.5, 0.6) is 0 Å². The minimum Gasteiger partial charge on any atom is -0.465 e. The van der Waals surface area contributed by atoms with Gasteiger partial charge in [0.15, 0.2) is 5.82 Å². The summed E-state index contributed by atoms with van der Waals surface area (Å²) in [5.74, 6) is 0.190. The predicted octanol–water partition coefficient (Wildman–Crippen LogP) is 4.89. The van der Waals surface area contributed by atoms with Crippen LogP contribution in [0.15, 0.2) is 53.3 Å². The van der Waals surface area contributed by atoms with Gasteiger partial charge in [-0.15, -0.1) is 0 Å². The molecule has 4 aromatic rings. The number of carbonyl (C=O) groups excluding carboxylic acids is 1. The highest BCUT2D eigenvalue weighted by molar-refractivity contribution is 9.10. The van der Waals surface area contributed by atoms with Crippen molar-refractivity contribution in [1.29, 1.82) is 0 Å². The van der Waals surface area contributed by atoms with Crippen molar-refractivity contribution in [2.45, 2.75) is 0 Å². The number of fused-ring (bicyclic) bond motifs is 1. The number of imidazole rings is 1. The predicted molar refractivity (Wildman–Crippen MR) is 107 cm³/mol. The number of methoxy groups -OCH3 is 1. The van der Waals surface area contributed by atoms with E-state index in [-0.39, 0.29) is 0 Å². The van der Waals surface area contributed by atoms with Gasteiger partial charge in [0, 0.05) is 22.4 Å². The van der Waals surface area contributed by atoms with Crippen molar-refractivity contribution in [3.8, 4) is 22.8 Å². The Morgan fingerprint density at radius 2 is 2.00 bits per heavy atom. The van der Waals surface area contributed by atoms with E-state index in [9.17, 15) is 4.79 Å². The lowest BCUT2D eigenvalue weighted by molar-refractivity contribution is 0.0600. The minimum absolute atomic E-state index is 0.296. The van der Waals surface area contributed by atoms with Crippen LogP contribution in [-0.2, 0) is 4.74 Å². The largest absolute Gasteiger partial charge is 0.465 e. The molecule has 0 saturated carbocycles. The van der Waals surface area contributed by atoms with E-state index < -0.39 is 5.97 Å². The molecule has 1 aromatic carbocycles. The lowest BCUT2D eigenvalue weighted by atomic mass is 10.1. The van der Waals surface area contributed by atoms with E-state index in [2.05, 4.69) is 40.6 Å². The van der Waals surface area contributed by atoms with Gasteiger partial charge in [0.25, 0.3) is 0 Å². The topological polar surface area (TPSA) is 80.8 Å². The maximum Gasteiger partial charge on any atom is 0.339 e. The van der Waals surface area contributed by atoms with E-state index >= 15 is 0 Å². The molecule has 0 fully saturated rings. The van der Waals surface area contributed by atoms with Crippen LogP contribution in [0.2, 0.25) is 5.02 Å². The first-order chi connectivity index (χ1) is 13.0. The standard InChI is InChI=1S/C19H12BrClN4O2/c1-27-19(26)11-6-13(21)17(23-9-11)10-2-4-15(22-8-10)18-24-14-5-3-12(20)7-16(14)25-18/h2-9H,1H3,(H,24,25). The van der Waals surface area contributed by atoms with E-state index in [0.29, 0.717) is 27.8 Å². The number of pyridine rings is 2. The number of aromatic amines is 1. The lowest BCUT2D eigenvalue weighted by Gasteiger charge is -2.06. The summed E-state index contributed by atoms with van der Waals surface area (Å²) in [5.41, 5.74) is 4.06. The molecule has 3 heterocycles. The van der Waals surface area contributed by atoms with Crippen LogP contribution in [0.4, 0.5) is 0 Å². The van der Waals surface area contributed by atoms with Crippen molar-refractivity contribution < 1.29 is 9.53 Å². The molecular weight excluding hydrogens is 432 g/mol. The summed E-state index contributed by atoms with van der Waals surface area (Å²) in [6.45, 7) is 0. The number of rotatable bonds is 3. The minimum atomic E-state index is -0.485. The summed E-state index contributed by atoms with van der Waals surface area (Å²) in [6.07, 6.45) is 3.10. The maximum absolute atomic E-state index is 11.6. The Labute approximate surface area is 167 Å². The third-order valence-electron chi connectivity index (χ3n) is 3.99. The molecule has 0 aliphatic rings. The number of aromatic nitrogens is 4. The molecule has 8 heteroatoms. The Kier molecular flexibility index (Phi) is 4.63. The van der Waals surface area contributed by atoms with Crippen molar-refractivity contribution in [1.82, 2.24) is 19.9 Å². The molecule has 0 amide bonds. The molecule has 0 aliphatic carbocycles. The number of hydrogen-bond acceptors (Lipinski definition) is 5. The van der Waals surface area contributed by atoms with Gasteiger partial charge in [-0.1, -0.05) is 27.5 Å². The number of benzene rings is 1. The second-order valence-corrected chi connectivity index (χ2v) is 7.05. The first kappa shape index (κ1) is 17.6. The van der Waals surface area contributed by atoms with Crippen molar-refractivity contribution in [3.63, 3.8) is 0 Å². The van der Waals surface area contributed by atoms with Gasteiger partial charge in [0.2, 0.25) is 0 Å². The summed E-state index contributed by atoms with van der Waals surface area (Å²) in [7, 11) is 1.31. The average Bonchev–Trinajstić information content (AvgIpc) is 3.10. The Morgan fingerprint density at radius 1 is 1.15 bits per heavy atom. The molecule has 0 unspecified atom stereocenters. The molecule has 1 N–H and O–H groups in total. The number of nitrogens with one attached hydrogen (secondary N) is 1. The number of carbonyl (C=O) groups is 1. The Balaban J connectivity index is 1.66. The number of esters is 1. The summed E-state index contributed by atoms with van der Waals surface area (Å²) in [6, 6.07) is 11.1. The van der Waals surface area contributed by atoms with Gasteiger partial charge in [-0.05, 0) is 36.4 Å². The Bertz CT molecular complexity index is 1160. The van der Waals surface area contributed by atoms with Gasteiger partial charge in [0.05, 0.1) is 34.4 Å². The van der Waals surface area contributed by atoms with Crippen molar-refractivity contribution in [3.05, 3.63) is 63.9 Å². The second kappa shape index (κ2) is 7.09. The van der Waals surface area contributed by atoms with Crippen LogP contribution in [0.1, 0.15) is 10.4 Å². The van der Waals surface area contributed by atoms with Gasteiger partial charge in [0.1, 0.15) is 5.69 Å². The zero-order valence-electron chi connectivity index (χ0n) is 14.0. The van der Waals surface area contributed by atoms with Crippen LogP contribution in [0.3, 0.4) is 0 Å². The van der Waals surface area contributed by atoms with E-state index in [0.717, 1.165) is 21.1 Å². The molecule has 4 rings (SSSR count). The monoisotopic (exact) mass is 442 g/mol. The number of halogens is 2. The lowest BCUT2D eigenvalue weighted by Crippen LogP contribution is -2.02. The smallest absolute Gasteiger partial charge is 0.339 e. The third-order valence-corrected chi connectivity index (χ3v) is 4.77. The normalized spacial score (nSPS) is 10.9. The maximum atomic E-state index is 11.6. The molecule has 0 bridgehead atoms. The molecule has 27 heavy (non-hydrogen) atoms. The summed E-state index contributed by atoms with van der Waals surface area (Å²) in [5, 5.41) is 0.348. The van der Waals surface area contributed by atoms with E-state index in [1.54, 1.807) is 6.20 Å².